The smallest absolute Gasteiger partial charge is 0.141 e. The third kappa shape index (κ3) is 1.37. The molecule has 1 rings (SSSR count). The Morgan fingerprint density at radius 1 is 1.60 bits per heavy atom. The van der Waals surface area contributed by atoms with E-state index < -0.39 is 0 Å². The van der Waals surface area contributed by atoms with Gasteiger partial charge in [0, 0.05) is 24.9 Å². The summed E-state index contributed by atoms with van der Waals surface area (Å²) in [7, 11) is 0. The number of rotatable bonds is 1. The van der Waals surface area contributed by atoms with Gasteiger partial charge in [-0.25, -0.2) is 0 Å². The van der Waals surface area contributed by atoms with Crippen LogP contribution in [-0.4, -0.2) is 18.9 Å². The molecule has 1 fully saturated rings. The van der Waals surface area contributed by atoms with E-state index in [1.165, 1.54) is 0 Å². The first-order chi connectivity index (χ1) is 4.75. The summed E-state index contributed by atoms with van der Waals surface area (Å²) in [4.78, 5) is 11.3. The summed E-state index contributed by atoms with van der Waals surface area (Å²) >= 11 is 0. The van der Waals surface area contributed by atoms with Crippen molar-refractivity contribution in [3.8, 4) is 0 Å². The van der Waals surface area contributed by atoms with Gasteiger partial charge in [0.25, 0.3) is 0 Å². The van der Waals surface area contributed by atoms with Crippen molar-refractivity contribution < 1.29 is 4.79 Å². The first-order valence-corrected chi connectivity index (χ1v) is 4.00. The minimum absolute atomic E-state index is 0.235. The summed E-state index contributed by atoms with van der Waals surface area (Å²) in [5.74, 6) is 0.962. The van der Waals surface area contributed by atoms with Crippen LogP contribution in [0.3, 0.4) is 0 Å². The van der Waals surface area contributed by atoms with Crippen molar-refractivity contribution in [2.75, 3.05) is 13.1 Å². The van der Waals surface area contributed by atoms with E-state index in [0.717, 1.165) is 19.5 Å². The van der Waals surface area contributed by atoms with Crippen LogP contribution in [0.4, 0.5) is 0 Å². The van der Waals surface area contributed by atoms with Gasteiger partial charge in [0.1, 0.15) is 5.78 Å². The van der Waals surface area contributed by atoms with Crippen molar-refractivity contribution in [3.63, 3.8) is 0 Å². The van der Waals surface area contributed by atoms with Crippen LogP contribution in [0.5, 0.6) is 0 Å². The Morgan fingerprint density at radius 3 is 2.80 bits per heavy atom. The van der Waals surface area contributed by atoms with Gasteiger partial charge in [-0.15, -0.1) is 0 Å². The van der Waals surface area contributed by atoms with Gasteiger partial charge in [0.2, 0.25) is 0 Å². The Bertz CT molecular complexity index is 133. The Hall–Kier alpha value is -0.370. The SMILES string of the molecule is CCC1CNCC(C)C1=O. The van der Waals surface area contributed by atoms with Crippen molar-refractivity contribution in [1.82, 2.24) is 5.32 Å². The standard InChI is InChI=1S/C8H15NO/c1-3-7-5-9-4-6(2)8(7)10/h6-7,9H,3-5H2,1-2H3. The topological polar surface area (TPSA) is 29.1 Å². The molecule has 0 spiro atoms. The Kier molecular flexibility index (Phi) is 2.44. The van der Waals surface area contributed by atoms with Crippen molar-refractivity contribution in [2.45, 2.75) is 20.3 Å². The summed E-state index contributed by atoms with van der Waals surface area (Å²) in [6.45, 7) is 5.83. The Labute approximate surface area is 62.0 Å². The second-order valence-electron chi connectivity index (χ2n) is 3.07. The summed E-state index contributed by atoms with van der Waals surface area (Å²) in [6.07, 6.45) is 0.982. The maximum absolute atomic E-state index is 11.3. The van der Waals surface area contributed by atoms with Crippen LogP contribution in [-0.2, 0) is 4.79 Å². The lowest BCUT2D eigenvalue weighted by molar-refractivity contribution is -0.127. The van der Waals surface area contributed by atoms with E-state index >= 15 is 0 Å². The second-order valence-corrected chi connectivity index (χ2v) is 3.07. The minimum Gasteiger partial charge on any atom is -0.315 e. The fraction of sp³-hybridized carbons (Fsp3) is 0.875. The van der Waals surface area contributed by atoms with E-state index in [1.807, 2.05) is 6.92 Å². The molecule has 58 valence electrons. The summed E-state index contributed by atoms with van der Waals surface area (Å²) in [5.41, 5.74) is 0. The number of nitrogens with one attached hydrogen (secondary N) is 1. The summed E-state index contributed by atoms with van der Waals surface area (Å²) in [5, 5.41) is 3.25. The molecule has 2 unspecified atom stereocenters. The molecule has 0 bridgehead atoms. The van der Waals surface area contributed by atoms with Crippen LogP contribution in [0.25, 0.3) is 0 Å². The Morgan fingerprint density at radius 2 is 2.30 bits per heavy atom. The summed E-state index contributed by atoms with van der Waals surface area (Å²) in [6, 6.07) is 0. The van der Waals surface area contributed by atoms with Gasteiger partial charge < -0.3 is 5.32 Å². The maximum atomic E-state index is 11.3. The number of hydrogen-bond donors (Lipinski definition) is 1. The molecule has 10 heavy (non-hydrogen) atoms. The Balaban J connectivity index is 2.51. The number of carbonyl (C=O) groups excluding carboxylic acids is 1. The third-order valence-corrected chi connectivity index (χ3v) is 2.22. The largest absolute Gasteiger partial charge is 0.315 e. The molecule has 1 aliphatic rings. The molecular formula is C8H15NO. The van der Waals surface area contributed by atoms with Crippen molar-refractivity contribution >= 4 is 5.78 Å². The van der Waals surface area contributed by atoms with E-state index in [1.54, 1.807) is 0 Å². The molecular weight excluding hydrogens is 126 g/mol. The highest BCUT2D eigenvalue weighted by atomic mass is 16.1. The normalized spacial score (nSPS) is 34.4. The first kappa shape index (κ1) is 7.73. The predicted octanol–water partition coefficient (Wildman–Crippen LogP) is 0.821. The van der Waals surface area contributed by atoms with Gasteiger partial charge in [0.15, 0.2) is 0 Å². The molecule has 0 radical (unpaired) electrons. The quantitative estimate of drug-likeness (QED) is 0.585. The third-order valence-electron chi connectivity index (χ3n) is 2.22. The number of carbonyl (C=O) groups is 1. The molecule has 0 aliphatic carbocycles. The molecule has 2 nitrogen and oxygen atoms in total. The van der Waals surface area contributed by atoms with E-state index in [9.17, 15) is 4.79 Å². The molecule has 0 aromatic carbocycles. The van der Waals surface area contributed by atoms with Crippen molar-refractivity contribution in [2.24, 2.45) is 11.8 Å². The highest BCUT2D eigenvalue weighted by molar-refractivity contribution is 5.84. The minimum atomic E-state index is 0.235. The van der Waals surface area contributed by atoms with Gasteiger partial charge in [0.05, 0.1) is 0 Å². The van der Waals surface area contributed by atoms with Gasteiger partial charge in [-0.1, -0.05) is 13.8 Å². The molecule has 0 amide bonds. The molecule has 2 atom stereocenters. The van der Waals surface area contributed by atoms with Gasteiger partial charge in [-0.3, -0.25) is 4.79 Å². The zero-order chi connectivity index (χ0) is 7.56. The lowest BCUT2D eigenvalue weighted by Gasteiger charge is -2.25. The molecule has 1 aliphatic heterocycles. The van der Waals surface area contributed by atoms with Crippen LogP contribution in [0.1, 0.15) is 20.3 Å². The van der Waals surface area contributed by atoms with Crippen LogP contribution >= 0.6 is 0 Å². The lowest BCUT2D eigenvalue weighted by Crippen LogP contribution is -2.42. The van der Waals surface area contributed by atoms with E-state index in [2.05, 4.69) is 12.2 Å². The zero-order valence-electron chi connectivity index (χ0n) is 6.68. The molecule has 0 aromatic rings. The molecule has 1 heterocycles. The fourth-order valence-corrected chi connectivity index (χ4v) is 1.42. The summed E-state index contributed by atoms with van der Waals surface area (Å²) < 4.78 is 0. The average Bonchev–Trinajstić information content (AvgIpc) is 1.95. The van der Waals surface area contributed by atoms with Gasteiger partial charge in [-0.2, -0.15) is 0 Å². The predicted molar refractivity (Wildman–Crippen MR) is 40.8 cm³/mol. The molecule has 0 aromatic heterocycles. The highest BCUT2D eigenvalue weighted by Gasteiger charge is 2.25. The zero-order valence-corrected chi connectivity index (χ0v) is 6.68. The molecule has 1 N–H and O–H groups in total. The fourth-order valence-electron chi connectivity index (χ4n) is 1.42. The van der Waals surface area contributed by atoms with Gasteiger partial charge in [-0.05, 0) is 6.42 Å². The average molecular weight is 141 g/mol. The number of ketones is 1. The van der Waals surface area contributed by atoms with E-state index in [4.69, 9.17) is 0 Å². The lowest BCUT2D eigenvalue weighted by atomic mass is 9.88. The maximum Gasteiger partial charge on any atom is 0.141 e. The molecule has 0 saturated carbocycles. The van der Waals surface area contributed by atoms with Crippen LogP contribution in [0.15, 0.2) is 0 Å². The molecule has 2 heteroatoms. The second kappa shape index (κ2) is 3.15. The number of hydrogen-bond acceptors (Lipinski definition) is 2. The van der Waals surface area contributed by atoms with Crippen molar-refractivity contribution in [3.05, 3.63) is 0 Å². The van der Waals surface area contributed by atoms with E-state index in [0.29, 0.717) is 5.78 Å². The number of piperidine rings is 1. The molecule has 1 saturated heterocycles. The van der Waals surface area contributed by atoms with Crippen molar-refractivity contribution in [1.29, 1.82) is 0 Å². The monoisotopic (exact) mass is 141 g/mol. The van der Waals surface area contributed by atoms with Crippen LogP contribution in [0.2, 0.25) is 0 Å². The van der Waals surface area contributed by atoms with Crippen LogP contribution in [0, 0.1) is 11.8 Å². The van der Waals surface area contributed by atoms with Gasteiger partial charge >= 0.3 is 0 Å². The highest BCUT2D eigenvalue weighted by Crippen LogP contribution is 2.13. The van der Waals surface area contributed by atoms with E-state index in [-0.39, 0.29) is 11.8 Å². The first-order valence-electron chi connectivity index (χ1n) is 4.00. The van der Waals surface area contributed by atoms with Crippen LogP contribution < -0.4 is 5.32 Å². The number of Topliss-reactive ketones (excluding diaryl/α,β-unsaturated/α-hetero) is 1.